The van der Waals surface area contributed by atoms with E-state index in [0.29, 0.717) is 12.4 Å². The summed E-state index contributed by atoms with van der Waals surface area (Å²) in [6, 6.07) is 0. The van der Waals surface area contributed by atoms with Crippen molar-refractivity contribution in [2.24, 2.45) is 0 Å². The number of hydrogen-bond donors (Lipinski definition) is 0. The second-order valence-electron chi connectivity index (χ2n) is 6.60. The molecule has 0 radical (unpaired) electrons. The van der Waals surface area contributed by atoms with Gasteiger partial charge in [-0.05, 0) is 25.1 Å². The van der Waals surface area contributed by atoms with E-state index in [0.717, 1.165) is 5.57 Å². The lowest BCUT2D eigenvalue weighted by molar-refractivity contribution is -0.128. The Balaban J connectivity index is 5.06. The molecule has 5 heteroatoms. The van der Waals surface area contributed by atoms with Crippen LogP contribution in [0.1, 0.15) is 34.1 Å². The second-order valence-corrected chi connectivity index (χ2v) is 11.3. The highest BCUT2D eigenvalue weighted by molar-refractivity contribution is 6.74. The number of carbonyl (C=O) groups excluding carboxylic acids is 1. The van der Waals surface area contributed by atoms with Gasteiger partial charge in [-0.2, -0.15) is 0 Å². The Kier molecular flexibility index (Phi) is 6.13. The zero-order valence-corrected chi connectivity index (χ0v) is 14.9. The number of hydrogen-bond acceptors (Lipinski definition) is 3. The van der Waals surface area contributed by atoms with Gasteiger partial charge in [-0.25, -0.2) is 0 Å². The molecular weight excluding hydrogens is 258 g/mol. The molecule has 19 heavy (non-hydrogen) atoms. The van der Waals surface area contributed by atoms with E-state index in [2.05, 4.69) is 33.9 Å². The Bertz CT molecular complexity index is 354. The lowest BCUT2D eigenvalue weighted by Gasteiger charge is -2.37. The van der Waals surface area contributed by atoms with Crippen LogP contribution in [0.4, 0.5) is 0 Å². The van der Waals surface area contributed by atoms with Crippen molar-refractivity contribution < 1.29 is 14.0 Å². The molecule has 112 valence electrons. The smallest absolute Gasteiger partial charge is 0.264 e. The molecule has 0 aromatic heterocycles. The maximum absolute atomic E-state index is 11.7. The molecule has 4 nitrogen and oxygen atoms in total. The van der Waals surface area contributed by atoms with E-state index in [1.807, 2.05) is 6.92 Å². The van der Waals surface area contributed by atoms with Gasteiger partial charge in [-0.1, -0.05) is 20.8 Å². The minimum Gasteiger partial charge on any atom is -0.519 e. The lowest BCUT2D eigenvalue weighted by atomic mass is 10.2. The van der Waals surface area contributed by atoms with Gasteiger partial charge in [0, 0.05) is 19.7 Å². The average Bonchev–Trinajstić information content (AvgIpc) is 2.23. The summed E-state index contributed by atoms with van der Waals surface area (Å²) in [5, 5.41) is 0.0998. The number of carbonyl (C=O) groups is 1. The molecule has 0 heterocycles. The zero-order chi connectivity index (χ0) is 15.4. The van der Waals surface area contributed by atoms with Crippen molar-refractivity contribution in [3.63, 3.8) is 0 Å². The summed E-state index contributed by atoms with van der Waals surface area (Å²) >= 11 is 0. The molecule has 0 spiro atoms. The van der Waals surface area contributed by atoms with Crippen molar-refractivity contribution >= 4 is 14.2 Å². The van der Waals surface area contributed by atoms with E-state index >= 15 is 0 Å². The Hall–Kier alpha value is -0.973. The number of nitrogens with zero attached hydrogens (tertiary/aromatic N) is 1. The van der Waals surface area contributed by atoms with Crippen LogP contribution in [0.3, 0.4) is 0 Å². The van der Waals surface area contributed by atoms with Gasteiger partial charge >= 0.3 is 0 Å². The number of rotatable bonds is 5. The largest absolute Gasteiger partial charge is 0.519 e. The molecule has 0 aromatic rings. The highest BCUT2D eigenvalue weighted by Crippen LogP contribution is 2.38. The third-order valence-electron chi connectivity index (χ3n) is 3.60. The van der Waals surface area contributed by atoms with Gasteiger partial charge in [0.2, 0.25) is 5.91 Å². The fourth-order valence-electron chi connectivity index (χ4n) is 1.14. The summed E-state index contributed by atoms with van der Waals surface area (Å²) in [5.74, 6) is 0.549. The highest BCUT2D eigenvalue weighted by atomic mass is 28.4. The van der Waals surface area contributed by atoms with Gasteiger partial charge in [-0.3, -0.25) is 4.79 Å². The fraction of sp³-hybridized carbons (Fsp3) is 0.786. The first kappa shape index (κ1) is 18.0. The summed E-state index contributed by atoms with van der Waals surface area (Å²) in [4.78, 5) is 13.3. The first-order chi connectivity index (χ1) is 8.42. The molecule has 0 fully saturated rings. The second kappa shape index (κ2) is 6.46. The third-order valence-corrected chi connectivity index (χ3v) is 7.91. The van der Waals surface area contributed by atoms with E-state index in [-0.39, 0.29) is 10.9 Å². The van der Waals surface area contributed by atoms with E-state index < -0.39 is 8.32 Å². The highest BCUT2D eigenvalue weighted by Gasteiger charge is 2.40. The molecule has 0 unspecified atom stereocenters. The summed E-state index contributed by atoms with van der Waals surface area (Å²) in [5.41, 5.74) is 0.839. The Morgan fingerprint density at radius 1 is 1.21 bits per heavy atom. The van der Waals surface area contributed by atoms with Crippen molar-refractivity contribution in [3.05, 3.63) is 11.5 Å². The van der Waals surface area contributed by atoms with Crippen LogP contribution in [0.25, 0.3) is 0 Å². The van der Waals surface area contributed by atoms with Crippen molar-refractivity contribution in [2.75, 3.05) is 21.2 Å². The third kappa shape index (κ3) is 5.26. The van der Waals surface area contributed by atoms with Crippen molar-refractivity contribution in [1.82, 2.24) is 4.90 Å². The standard InChI is InChI=1S/C14H29NO3Si/c1-11(10-12(16)15(5)6)13(17-7)18-19(8,9)14(2,3)4/h10H2,1-9H3/b13-11+. The van der Waals surface area contributed by atoms with Crippen LogP contribution in [0.15, 0.2) is 11.5 Å². The summed E-state index contributed by atoms with van der Waals surface area (Å²) in [7, 11) is 3.15. The van der Waals surface area contributed by atoms with E-state index in [4.69, 9.17) is 9.16 Å². The van der Waals surface area contributed by atoms with Gasteiger partial charge in [0.25, 0.3) is 14.3 Å². The number of ether oxygens (including phenoxy) is 1. The molecule has 0 aromatic carbocycles. The van der Waals surface area contributed by atoms with Gasteiger partial charge in [0.05, 0.1) is 13.5 Å². The first-order valence-corrected chi connectivity index (χ1v) is 9.46. The molecule has 0 saturated carbocycles. The fourth-order valence-corrected chi connectivity index (χ4v) is 2.17. The SMILES string of the molecule is CO/C(O[Si](C)(C)C(C)(C)C)=C(/C)CC(=O)N(C)C. The van der Waals surface area contributed by atoms with Crippen LogP contribution in [-0.4, -0.2) is 40.3 Å². The molecule has 0 rings (SSSR count). The molecule has 0 saturated heterocycles. The molecule has 0 aliphatic rings. The van der Waals surface area contributed by atoms with Crippen molar-refractivity contribution in [3.8, 4) is 0 Å². The molecular formula is C14H29NO3Si. The summed E-state index contributed by atoms with van der Waals surface area (Å²) < 4.78 is 11.5. The van der Waals surface area contributed by atoms with E-state index in [1.165, 1.54) is 0 Å². The van der Waals surface area contributed by atoms with Crippen molar-refractivity contribution in [1.29, 1.82) is 0 Å². The molecule has 0 aliphatic carbocycles. The predicted octanol–water partition coefficient (Wildman–Crippen LogP) is 3.36. The first-order valence-electron chi connectivity index (χ1n) is 6.55. The summed E-state index contributed by atoms with van der Waals surface area (Å²) in [6.45, 7) is 12.7. The molecule has 0 atom stereocenters. The maximum atomic E-state index is 11.7. The Morgan fingerprint density at radius 3 is 2.00 bits per heavy atom. The van der Waals surface area contributed by atoms with Crippen molar-refractivity contribution in [2.45, 2.75) is 52.2 Å². The minimum absolute atomic E-state index is 0.0471. The topological polar surface area (TPSA) is 38.8 Å². The molecule has 0 N–H and O–H groups in total. The Morgan fingerprint density at radius 2 is 1.68 bits per heavy atom. The van der Waals surface area contributed by atoms with Gasteiger partial charge < -0.3 is 14.1 Å². The van der Waals surface area contributed by atoms with Crippen LogP contribution >= 0.6 is 0 Å². The monoisotopic (exact) mass is 287 g/mol. The minimum atomic E-state index is -1.94. The molecule has 0 bridgehead atoms. The predicted molar refractivity (Wildman–Crippen MR) is 81.3 cm³/mol. The maximum Gasteiger partial charge on any atom is 0.264 e. The molecule has 1 amide bonds. The summed E-state index contributed by atoms with van der Waals surface area (Å²) in [6.07, 6.45) is 0.324. The lowest BCUT2D eigenvalue weighted by Crippen LogP contribution is -2.41. The normalized spacial score (nSPS) is 13.7. The van der Waals surface area contributed by atoms with Crippen LogP contribution in [0.2, 0.25) is 18.1 Å². The average molecular weight is 287 g/mol. The Labute approximate surface area is 118 Å². The van der Waals surface area contributed by atoms with Crippen LogP contribution in [0.5, 0.6) is 0 Å². The van der Waals surface area contributed by atoms with E-state index in [1.54, 1.807) is 26.1 Å². The van der Waals surface area contributed by atoms with E-state index in [9.17, 15) is 4.79 Å². The zero-order valence-electron chi connectivity index (χ0n) is 13.9. The van der Waals surface area contributed by atoms with Crippen LogP contribution in [-0.2, 0) is 14.0 Å². The van der Waals surface area contributed by atoms with Gasteiger partial charge in [0.1, 0.15) is 0 Å². The van der Waals surface area contributed by atoms with Crippen LogP contribution < -0.4 is 0 Å². The number of methoxy groups -OCH3 is 1. The van der Waals surface area contributed by atoms with Gasteiger partial charge in [-0.15, -0.1) is 0 Å². The quantitative estimate of drug-likeness (QED) is 0.575. The number of amides is 1. The van der Waals surface area contributed by atoms with Crippen LogP contribution in [0, 0.1) is 0 Å². The molecule has 0 aliphatic heterocycles. The van der Waals surface area contributed by atoms with Gasteiger partial charge in [0.15, 0.2) is 0 Å².